The van der Waals surface area contributed by atoms with Crippen molar-refractivity contribution in [1.82, 2.24) is 14.9 Å². The van der Waals surface area contributed by atoms with Crippen molar-refractivity contribution in [3.63, 3.8) is 0 Å². The average molecular weight is 291 g/mol. The Morgan fingerprint density at radius 2 is 2.10 bits per heavy atom. The van der Waals surface area contributed by atoms with E-state index in [1.807, 2.05) is 24.3 Å². The van der Waals surface area contributed by atoms with Crippen LogP contribution < -0.4 is 10.1 Å². The summed E-state index contributed by atoms with van der Waals surface area (Å²) in [6.45, 7) is 2.76. The standard InChI is InChI=1S/C14H17N3O2S/c1-3-4-9-15-14(18)13-12(16-17-20-13)10-5-7-11(19-2)8-6-10/h5-8H,3-4,9H2,1-2H3,(H,15,18). The Hall–Kier alpha value is -1.95. The van der Waals surface area contributed by atoms with Gasteiger partial charge >= 0.3 is 0 Å². The van der Waals surface area contributed by atoms with E-state index in [4.69, 9.17) is 4.74 Å². The summed E-state index contributed by atoms with van der Waals surface area (Å²) in [4.78, 5) is 12.6. The molecule has 0 fully saturated rings. The molecule has 2 rings (SSSR count). The number of amides is 1. The third-order valence-corrected chi connectivity index (χ3v) is 3.60. The van der Waals surface area contributed by atoms with Crippen LogP contribution in [0.2, 0.25) is 0 Å². The molecule has 0 bridgehead atoms. The normalized spacial score (nSPS) is 10.3. The van der Waals surface area contributed by atoms with Crippen LogP contribution in [-0.2, 0) is 0 Å². The number of ether oxygens (including phenoxy) is 1. The van der Waals surface area contributed by atoms with Gasteiger partial charge in [-0.1, -0.05) is 17.8 Å². The minimum atomic E-state index is -0.112. The third kappa shape index (κ3) is 3.33. The molecule has 0 radical (unpaired) electrons. The molecule has 0 saturated carbocycles. The van der Waals surface area contributed by atoms with E-state index in [0.29, 0.717) is 17.1 Å². The second-order valence-corrected chi connectivity index (χ2v) is 5.04. The van der Waals surface area contributed by atoms with Gasteiger partial charge in [0.1, 0.15) is 16.3 Å². The Balaban J connectivity index is 2.16. The van der Waals surface area contributed by atoms with E-state index in [1.165, 1.54) is 0 Å². The molecule has 1 heterocycles. The average Bonchev–Trinajstić information content (AvgIpc) is 2.97. The second-order valence-electron chi connectivity index (χ2n) is 4.29. The third-order valence-electron chi connectivity index (χ3n) is 2.87. The van der Waals surface area contributed by atoms with Crippen molar-refractivity contribution in [2.24, 2.45) is 0 Å². The minimum Gasteiger partial charge on any atom is -0.497 e. The minimum absolute atomic E-state index is 0.112. The summed E-state index contributed by atoms with van der Waals surface area (Å²) in [5.41, 5.74) is 1.48. The largest absolute Gasteiger partial charge is 0.497 e. The lowest BCUT2D eigenvalue weighted by molar-refractivity contribution is 0.0957. The van der Waals surface area contributed by atoms with Crippen molar-refractivity contribution in [3.8, 4) is 17.0 Å². The van der Waals surface area contributed by atoms with Gasteiger partial charge in [-0.3, -0.25) is 4.79 Å². The molecule has 2 aromatic rings. The molecule has 5 nitrogen and oxygen atoms in total. The molecule has 20 heavy (non-hydrogen) atoms. The summed E-state index contributed by atoms with van der Waals surface area (Å²) in [5.74, 6) is 0.658. The fraction of sp³-hybridized carbons (Fsp3) is 0.357. The SMILES string of the molecule is CCCCNC(=O)c1snnc1-c1ccc(OC)cc1. The molecule has 1 amide bonds. The van der Waals surface area contributed by atoms with Gasteiger partial charge in [0.25, 0.3) is 5.91 Å². The number of nitrogens with zero attached hydrogens (tertiary/aromatic N) is 2. The van der Waals surface area contributed by atoms with E-state index in [1.54, 1.807) is 7.11 Å². The zero-order chi connectivity index (χ0) is 14.4. The molecule has 6 heteroatoms. The van der Waals surface area contributed by atoms with Crippen LogP contribution in [0.5, 0.6) is 5.75 Å². The van der Waals surface area contributed by atoms with Crippen molar-refractivity contribution in [2.45, 2.75) is 19.8 Å². The number of rotatable bonds is 6. The Bertz CT molecular complexity index is 566. The highest BCUT2D eigenvalue weighted by atomic mass is 32.1. The first kappa shape index (κ1) is 14.5. The summed E-state index contributed by atoms with van der Waals surface area (Å²) < 4.78 is 9.01. The highest BCUT2D eigenvalue weighted by molar-refractivity contribution is 7.08. The number of carbonyl (C=O) groups is 1. The van der Waals surface area contributed by atoms with E-state index in [-0.39, 0.29) is 5.91 Å². The lowest BCUT2D eigenvalue weighted by Crippen LogP contribution is -2.23. The lowest BCUT2D eigenvalue weighted by atomic mass is 10.1. The van der Waals surface area contributed by atoms with Gasteiger partial charge in [0, 0.05) is 12.1 Å². The van der Waals surface area contributed by atoms with Crippen LogP contribution in [-0.4, -0.2) is 29.1 Å². The second kappa shape index (κ2) is 7.00. The zero-order valence-corrected chi connectivity index (χ0v) is 12.4. The number of nitrogens with one attached hydrogen (secondary N) is 1. The summed E-state index contributed by atoms with van der Waals surface area (Å²) in [5, 5.41) is 6.94. The summed E-state index contributed by atoms with van der Waals surface area (Å²) in [6.07, 6.45) is 2.02. The lowest BCUT2D eigenvalue weighted by Gasteiger charge is -2.04. The quantitative estimate of drug-likeness (QED) is 0.831. The first-order chi connectivity index (χ1) is 9.76. The monoisotopic (exact) mass is 291 g/mol. The number of carbonyl (C=O) groups excluding carboxylic acids is 1. The van der Waals surface area contributed by atoms with Crippen molar-refractivity contribution >= 4 is 17.4 Å². The smallest absolute Gasteiger partial charge is 0.265 e. The summed E-state index contributed by atoms with van der Waals surface area (Å²) in [7, 11) is 1.62. The number of hydrogen-bond acceptors (Lipinski definition) is 5. The maximum Gasteiger partial charge on any atom is 0.265 e. The number of methoxy groups -OCH3 is 1. The number of hydrogen-bond donors (Lipinski definition) is 1. The molecule has 0 aliphatic heterocycles. The fourth-order valence-corrected chi connectivity index (χ4v) is 2.34. The van der Waals surface area contributed by atoms with Crippen LogP contribution >= 0.6 is 11.5 Å². The molecule has 0 saturated heterocycles. The van der Waals surface area contributed by atoms with Gasteiger partial charge in [0.05, 0.1) is 7.11 Å². The molecule has 0 atom stereocenters. The first-order valence-electron chi connectivity index (χ1n) is 6.51. The van der Waals surface area contributed by atoms with Gasteiger partial charge in [-0.15, -0.1) is 5.10 Å². The van der Waals surface area contributed by atoms with Crippen molar-refractivity contribution in [3.05, 3.63) is 29.1 Å². The van der Waals surface area contributed by atoms with Crippen molar-refractivity contribution in [1.29, 1.82) is 0 Å². The van der Waals surface area contributed by atoms with Gasteiger partial charge in [0.15, 0.2) is 0 Å². The Kier molecular flexibility index (Phi) is 5.06. The summed E-state index contributed by atoms with van der Waals surface area (Å²) in [6, 6.07) is 7.43. The Labute approximate surface area is 122 Å². The van der Waals surface area contributed by atoms with Crippen LogP contribution in [0.3, 0.4) is 0 Å². The highest BCUT2D eigenvalue weighted by Crippen LogP contribution is 2.25. The summed E-state index contributed by atoms with van der Waals surface area (Å²) >= 11 is 1.12. The molecule has 0 unspecified atom stereocenters. The molecule has 0 aliphatic rings. The van der Waals surface area contributed by atoms with E-state index in [9.17, 15) is 4.79 Å². The van der Waals surface area contributed by atoms with E-state index in [0.717, 1.165) is 35.7 Å². The van der Waals surface area contributed by atoms with Gasteiger partial charge in [-0.05, 0) is 42.2 Å². The molecule has 1 aromatic heterocycles. The van der Waals surface area contributed by atoms with Gasteiger partial charge in [-0.25, -0.2) is 0 Å². The van der Waals surface area contributed by atoms with Gasteiger partial charge in [0.2, 0.25) is 0 Å². The Morgan fingerprint density at radius 1 is 1.35 bits per heavy atom. The van der Waals surface area contributed by atoms with Crippen LogP contribution in [0.25, 0.3) is 11.3 Å². The first-order valence-corrected chi connectivity index (χ1v) is 7.28. The van der Waals surface area contributed by atoms with Crippen molar-refractivity contribution < 1.29 is 9.53 Å². The predicted octanol–water partition coefficient (Wildman–Crippen LogP) is 2.74. The van der Waals surface area contributed by atoms with E-state index < -0.39 is 0 Å². The van der Waals surface area contributed by atoms with Gasteiger partial charge < -0.3 is 10.1 Å². The number of benzene rings is 1. The molecule has 1 N–H and O–H groups in total. The van der Waals surface area contributed by atoms with Crippen molar-refractivity contribution in [2.75, 3.05) is 13.7 Å². The van der Waals surface area contributed by atoms with Gasteiger partial charge in [-0.2, -0.15) is 0 Å². The number of aromatic nitrogens is 2. The molecular formula is C14H17N3O2S. The van der Waals surface area contributed by atoms with E-state index >= 15 is 0 Å². The fourth-order valence-electron chi connectivity index (χ4n) is 1.74. The molecular weight excluding hydrogens is 274 g/mol. The molecule has 0 spiro atoms. The Morgan fingerprint density at radius 3 is 2.75 bits per heavy atom. The molecule has 0 aliphatic carbocycles. The molecule has 106 valence electrons. The molecule has 1 aromatic carbocycles. The maximum absolute atomic E-state index is 12.1. The van der Waals surface area contributed by atoms with Crippen LogP contribution in [0.15, 0.2) is 24.3 Å². The van der Waals surface area contributed by atoms with Crippen LogP contribution in [0, 0.1) is 0 Å². The predicted molar refractivity (Wildman–Crippen MR) is 79.1 cm³/mol. The van der Waals surface area contributed by atoms with Crippen LogP contribution in [0.1, 0.15) is 29.4 Å². The van der Waals surface area contributed by atoms with E-state index in [2.05, 4.69) is 21.8 Å². The van der Waals surface area contributed by atoms with Crippen LogP contribution in [0.4, 0.5) is 0 Å². The highest BCUT2D eigenvalue weighted by Gasteiger charge is 2.17. The zero-order valence-electron chi connectivity index (χ0n) is 11.5. The number of unbranched alkanes of at least 4 members (excludes halogenated alkanes) is 1. The topological polar surface area (TPSA) is 64.1 Å². The maximum atomic E-state index is 12.1.